The molecule has 1 aromatic heterocycles. The maximum Gasteiger partial charge on any atom is 0.252 e. The van der Waals surface area contributed by atoms with Crippen molar-refractivity contribution in [2.75, 3.05) is 12.5 Å². The second-order valence-corrected chi connectivity index (χ2v) is 6.66. The van der Waals surface area contributed by atoms with Gasteiger partial charge in [0.2, 0.25) is 16.0 Å². The molecule has 0 saturated heterocycles. The van der Waals surface area contributed by atoms with Crippen LogP contribution in [0.25, 0.3) is 0 Å². The lowest BCUT2D eigenvalue weighted by Gasteiger charge is -2.05. The molecule has 0 amide bonds. The molecular weight excluding hydrogens is 318 g/mol. The van der Waals surface area contributed by atoms with Crippen LogP contribution < -0.4 is 15.7 Å². The number of H-pyrrole nitrogens is 1. The minimum atomic E-state index is -3.46. The number of aromatic nitrogens is 2. The third-order valence-corrected chi connectivity index (χ3v) is 4.48. The van der Waals surface area contributed by atoms with Gasteiger partial charge in [-0.25, -0.2) is 23.5 Å². The molecule has 9 heteroatoms. The molecule has 122 valence electrons. The van der Waals surface area contributed by atoms with Gasteiger partial charge in [-0.2, -0.15) is 5.10 Å². The first-order valence-corrected chi connectivity index (χ1v) is 8.22. The van der Waals surface area contributed by atoms with Gasteiger partial charge in [-0.15, -0.1) is 0 Å². The molecule has 3 N–H and O–H groups in total. The maximum absolute atomic E-state index is 11.7. The molecule has 0 radical (unpaired) electrons. The van der Waals surface area contributed by atoms with E-state index < -0.39 is 10.0 Å². The van der Waals surface area contributed by atoms with E-state index in [1.807, 2.05) is 0 Å². The van der Waals surface area contributed by atoms with Crippen LogP contribution in [-0.4, -0.2) is 31.1 Å². The molecule has 0 bridgehead atoms. The van der Waals surface area contributed by atoms with Gasteiger partial charge in [0.15, 0.2) is 0 Å². The summed E-state index contributed by atoms with van der Waals surface area (Å²) in [5, 5.41) is 4.13. The number of nitrogens with zero attached hydrogens (tertiary/aromatic N) is 2. The number of rotatable bonds is 5. The molecule has 0 aliphatic carbocycles. The number of benzene rings is 1. The quantitative estimate of drug-likeness (QED) is 0.552. The van der Waals surface area contributed by atoms with Crippen LogP contribution in [0.15, 0.2) is 45.1 Å². The molecule has 0 atom stereocenters. The predicted molar refractivity (Wildman–Crippen MR) is 88.1 cm³/mol. The smallest absolute Gasteiger partial charge is 0.252 e. The summed E-state index contributed by atoms with van der Waals surface area (Å²) in [6.45, 7) is 3.46. The van der Waals surface area contributed by atoms with Gasteiger partial charge in [0.25, 0.3) is 5.56 Å². The van der Waals surface area contributed by atoms with Crippen molar-refractivity contribution in [3.8, 4) is 0 Å². The average Bonchev–Trinajstić information content (AvgIpc) is 2.52. The Balaban J connectivity index is 2.19. The molecule has 0 aliphatic heterocycles. The topological polar surface area (TPSA) is 116 Å². The van der Waals surface area contributed by atoms with Crippen molar-refractivity contribution in [2.24, 2.45) is 5.10 Å². The van der Waals surface area contributed by atoms with Crippen molar-refractivity contribution in [1.82, 2.24) is 14.7 Å². The molecule has 8 nitrogen and oxygen atoms in total. The highest BCUT2D eigenvalue weighted by atomic mass is 32.2. The van der Waals surface area contributed by atoms with E-state index in [4.69, 9.17) is 0 Å². The Kier molecular flexibility index (Phi) is 4.92. The Morgan fingerprint density at radius 2 is 1.91 bits per heavy atom. The highest BCUT2D eigenvalue weighted by molar-refractivity contribution is 7.89. The van der Waals surface area contributed by atoms with Crippen molar-refractivity contribution in [2.45, 2.75) is 18.7 Å². The fourth-order valence-corrected chi connectivity index (χ4v) is 2.56. The van der Waals surface area contributed by atoms with Crippen LogP contribution in [0.2, 0.25) is 0 Å². The first-order valence-electron chi connectivity index (χ1n) is 6.74. The standard InChI is InChI=1S/C14H17N5O3S/c1-9-8-13(20)17-14(16-9)19-18-10(2)11-4-6-12(7-5-11)23(21,22)15-3/h4-8,15H,1-3H3,(H2,16,17,19,20)/b18-10-. The second kappa shape index (κ2) is 6.71. The number of sulfonamides is 1. The fraction of sp³-hybridized carbons (Fsp3) is 0.214. The van der Waals surface area contributed by atoms with Gasteiger partial charge in [-0.3, -0.25) is 9.78 Å². The van der Waals surface area contributed by atoms with E-state index in [-0.39, 0.29) is 16.4 Å². The number of hydrogen-bond donors (Lipinski definition) is 3. The fourth-order valence-electron chi connectivity index (χ4n) is 1.83. The molecule has 0 saturated carbocycles. The van der Waals surface area contributed by atoms with Crippen molar-refractivity contribution >= 4 is 21.7 Å². The van der Waals surface area contributed by atoms with Gasteiger partial charge in [0, 0.05) is 11.8 Å². The SMILES string of the molecule is CNS(=O)(=O)c1ccc(/C(C)=N\Nc2nc(C)cc(=O)[nH]2)cc1. The first kappa shape index (κ1) is 16.8. The summed E-state index contributed by atoms with van der Waals surface area (Å²) in [4.78, 5) is 18.1. The van der Waals surface area contributed by atoms with Crippen LogP contribution >= 0.6 is 0 Å². The van der Waals surface area contributed by atoms with Crippen molar-refractivity contribution in [3.05, 3.63) is 51.9 Å². The lowest BCUT2D eigenvalue weighted by molar-refractivity contribution is 0.588. The molecule has 23 heavy (non-hydrogen) atoms. The molecule has 1 heterocycles. The largest absolute Gasteiger partial charge is 0.291 e. The van der Waals surface area contributed by atoms with Crippen molar-refractivity contribution < 1.29 is 8.42 Å². The second-order valence-electron chi connectivity index (χ2n) is 4.78. The third-order valence-electron chi connectivity index (χ3n) is 3.05. The van der Waals surface area contributed by atoms with E-state index in [9.17, 15) is 13.2 Å². The molecule has 2 aromatic rings. The van der Waals surface area contributed by atoms with Gasteiger partial charge < -0.3 is 0 Å². The van der Waals surface area contributed by atoms with Gasteiger partial charge >= 0.3 is 0 Å². The van der Waals surface area contributed by atoms with E-state index in [1.54, 1.807) is 26.0 Å². The number of hydrazone groups is 1. The summed E-state index contributed by atoms with van der Waals surface area (Å²) in [5.74, 6) is 0.240. The summed E-state index contributed by atoms with van der Waals surface area (Å²) in [6, 6.07) is 7.66. The minimum absolute atomic E-state index is 0.175. The number of aryl methyl sites for hydroxylation is 1. The molecule has 0 spiro atoms. The Morgan fingerprint density at radius 3 is 2.48 bits per heavy atom. The van der Waals surface area contributed by atoms with Crippen LogP contribution in [0, 0.1) is 6.92 Å². The zero-order valence-corrected chi connectivity index (χ0v) is 13.7. The summed E-state index contributed by atoms with van der Waals surface area (Å²) < 4.78 is 25.6. The minimum Gasteiger partial charge on any atom is -0.291 e. The summed E-state index contributed by atoms with van der Waals surface area (Å²) in [5.41, 5.74) is 4.33. The van der Waals surface area contributed by atoms with Crippen molar-refractivity contribution in [3.63, 3.8) is 0 Å². The van der Waals surface area contributed by atoms with Crippen LogP contribution in [-0.2, 0) is 10.0 Å². The Labute approximate surface area is 133 Å². The van der Waals surface area contributed by atoms with Gasteiger partial charge in [0.1, 0.15) is 0 Å². The zero-order valence-electron chi connectivity index (χ0n) is 12.9. The van der Waals surface area contributed by atoms with E-state index in [2.05, 4.69) is 25.2 Å². The first-order chi connectivity index (χ1) is 10.8. The normalized spacial score (nSPS) is 12.2. The van der Waals surface area contributed by atoms with E-state index in [0.29, 0.717) is 11.4 Å². The van der Waals surface area contributed by atoms with E-state index in [1.165, 1.54) is 25.2 Å². The predicted octanol–water partition coefficient (Wildman–Crippen LogP) is 0.823. The van der Waals surface area contributed by atoms with Crippen LogP contribution in [0.1, 0.15) is 18.2 Å². The van der Waals surface area contributed by atoms with Crippen LogP contribution in [0.3, 0.4) is 0 Å². The highest BCUT2D eigenvalue weighted by Gasteiger charge is 2.10. The number of anilines is 1. The Morgan fingerprint density at radius 1 is 1.26 bits per heavy atom. The maximum atomic E-state index is 11.7. The van der Waals surface area contributed by atoms with Crippen LogP contribution in [0.5, 0.6) is 0 Å². The highest BCUT2D eigenvalue weighted by Crippen LogP contribution is 2.11. The van der Waals surface area contributed by atoms with E-state index >= 15 is 0 Å². The third kappa shape index (κ3) is 4.24. The molecule has 2 rings (SSSR count). The summed E-state index contributed by atoms with van der Waals surface area (Å²) >= 11 is 0. The lowest BCUT2D eigenvalue weighted by Crippen LogP contribution is -2.18. The summed E-state index contributed by atoms with van der Waals surface area (Å²) in [7, 11) is -2.10. The number of hydrogen-bond acceptors (Lipinski definition) is 6. The Bertz CT molecular complexity index is 885. The number of aromatic amines is 1. The molecular formula is C14H17N5O3S. The zero-order chi connectivity index (χ0) is 17.0. The van der Waals surface area contributed by atoms with Crippen molar-refractivity contribution in [1.29, 1.82) is 0 Å². The molecule has 0 unspecified atom stereocenters. The molecule has 1 aromatic carbocycles. The molecule has 0 aliphatic rings. The average molecular weight is 335 g/mol. The lowest BCUT2D eigenvalue weighted by atomic mass is 10.1. The Hall–Kier alpha value is -2.52. The number of nitrogens with one attached hydrogen (secondary N) is 3. The molecule has 0 fully saturated rings. The van der Waals surface area contributed by atoms with E-state index in [0.717, 1.165) is 5.56 Å². The van der Waals surface area contributed by atoms with Crippen LogP contribution in [0.4, 0.5) is 5.95 Å². The van der Waals surface area contributed by atoms with Gasteiger partial charge in [-0.05, 0) is 38.6 Å². The van der Waals surface area contributed by atoms with Gasteiger partial charge in [0.05, 0.1) is 10.6 Å². The van der Waals surface area contributed by atoms with Gasteiger partial charge in [-0.1, -0.05) is 12.1 Å². The summed E-state index contributed by atoms with van der Waals surface area (Å²) in [6.07, 6.45) is 0. The monoisotopic (exact) mass is 335 g/mol.